The minimum Gasteiger partial charge on any atom is -0.450 e. The third-order valence-electron chi connectivity index (χ3n) is 2.53. The maximum absolute atomic E-state index is 12.6. The number of rotatable bonds is 0. The van der Waals surface area contributed by atoms with Gasteiger partial charge in [-0.15, -0.1) is 0 Å². The van der Waals surface area contributed by atoms with Gasteiger partial charge in [-0.3, -0.25) is 0 Å². The van der Waals surface area contributed by atoms with Crippen LogP contribution in [0, 0.1) is 0 Å². The number of fused-ring (bicyclic) bond motifs is 2. The molecule has 5 heteroatoms. The van der Waals surface area contributed by atoms with Gasteiger partial charge in [0, 0.05) is 11.3 Å². The Labute approximate surface area is 83.3 Å². The molecule has 0 radical (unpaired) electrons. The zero-order chi connectivity index (χ0) is 10.7. The van der Waals surface area contributed by atoms with E-state index in [0.717, 1.165) is 0 Å². The second-order valence-corrected chi connectivity index (χ2v) is 3.50. The standard InChI is InChI=1S/C10H6F3NO/c11-10(12,13)9-8(15-9)5-6-3-1-2-4-7(6)14-9/h1-5,14H. The fourth-order valence-corrected chi connectivity index (χ4v) is 1.69. The number of anilines is 1. The highest BCUT2D eigenvalue weighted by Gasteiger charge is 2.73. The highest BCUT2D eigenvalue weighted by Crippen LogP contribution is 2.56. The molecule has 0 spiro atoms. The Hall–Kier alpha value is -1.65. The highest BCUT2D eigenvalue weighted by atomic mass is 19.4. The van der Waals surface area contributed by atoms with Crippen molar-refractivity contribution in [2.45, 2.75) is 11.9 Å². The van der Waals surface area contributed by atoms with Gasteiger partial charge in [-0.25, -0.2) is 0 Å². The van der Waals surface area contributed by atoms with Gasteiger partial charge in [-0.05, 0) is 12.1 Å². The molecule has 2 heterocycles. The Kier molecular flexibility index (Phi) is 1.32. The van der Waals surface area contributed by atoms with Crippen molar-refractivity contribution in [3.05, 3.63) is 35.6 Å². The van der Waals surface area contributed by atoms with Crippen LogP contribution in [-0.2, 0) is 4.74 Å². The molecule has 2 aliphatic heterocycles. The summed E-state index contributed by atoms with van der Waals surface area (Å²) in [5, 5.41) is 2.37. The van der Waals surface area contributed by atoms with Crippen molar-refractivity contribution in [2.75, 3.05) is 5.32 Å². The number of para-hydroxylation sites is 1. The van der Waals surface area contributed by atoms with E-state index in [4.69, 9.17) is 0 Å². The topological polar surface area (TPSA) is 24.6 Å². The summed E-state index contributed by atoms with van der Waals surface area (Å²) in [4.78, 5) is 0. The van der Waals surface area contributed by atoms with Crippen molar-refractivity contribution in [2.24, 2.45) is 0 Å². The van der Waals surface area contributed by atoms with E-state index in [1.807, 2.05) is 0 Å². The lowest BCUT2D eigenvalue weighted by Crippen LogP contribution is -2.40. The van der Waals surface area contributed by atoms with Crippen LogP contribution in [0.2, 0.25) is 0 Å². The Balaban J connectivity index is 2.08. The lowest BCUT2D eigenvalue weighted by Gasteiger charge is -2.20. The summed E-state index contributed by atoms with van der Waals surface area (Å²) in [6.45, 7) is 0. The summed E-state index contributed by atoms with van der Waals surface area (Å²) in [6, 6.07) is 6.77. The summed E-state index contributed by atoms with van der Waals surface area (Å²) < 4.78 is 42.5. The van der Waals surface area contributed by atoms with E-state index in [1.54, 1.807) is 24.3 Å². The van der Waals surface area contributed by atoms with E-state index in [9.17, 15) is 13.2 Å². The molecule has 0 amide bonds. The molecule has 2 nitrogen and oxygen atoms in total. The van der Waals surface area contributed by atoms with Gasteiger partial charge in [0.15, 0.2) is 5.76 Å². The van der Waals surface area contributed by atoms with Gasteiger partial charge >= 0.3 is 11.9 Å². The molecule has 3 rings (SSSR count). The lowest BCUT2D eigenvalue weighted by atomic mass is 10.1. The number of alkyl halides is 3. The van der Waals surface area contributed by atoms with Gasteiger partial charge in [0.2, 0.25) is 0 Å². The van der Waals surface area contributed by atoms with Crippen LogP contribution in [-0.4, -0.2) is 11.9 Å². The van der Waals surface area contributed by atoms with E-state index in [1.165, 1.54) is 6.08 Å². The first kappa shape index (κ1) is 8.64. The molecule has 15 heavy (non-hydrogen) atoms. The normalized spacial score (nSPS) is 26.7. The molecule has 1 saturated heterocycles. The predicted molar refractivity (Wildman–Crippen MR) is 47.9 cm³/mol. The molecular formula is C10H6F3NO. The number of hydrogen-bond donors (Lipinski definition) is 1. The molecule has 1 aromatic carbocycles. The predicted octanol–water partition coefficient (Wildman–Crippen LogP) is 2.74. The highest BCUT2D eigenvalue weighted by molar-refractivity contribution is 5.76. The zero-order valence-corrected chi connectivity index (χ0v) is 7.43. The van der Waals surface area contributed by atoms with Crippen LogP contribution >= 0.6 is 0 Å². The maximum atomic E-state index is 12.6. The van der Waals surface area contributed by atoms with Crippen LogP contribution in [0.4, 0.5) is 18.9 Å². The summed E-state index contributed by atoms with van der Waals surface area (Å²) in [7, 11) is 0. The smallest absolute Gasteiger partial charge is 0.450 e. The summed E-state index contributed by atoms with van der Waals surface area (Å²) in [5.74, 6) is -0.0614. The van der Waals surface area contributed by atoms with Crippen molar-refractivity contribution >= 4 is 11.8 Å². The molecule has 2 aliphatic rings. The van der Waals surface area contributed by atoms with Gasteiger partial charge < -0.3 is 10.1 Å². The van der Waals surface area contributed by atoms with Gasteiger partial charge in [0.25, 0.3) is 0 Å². The van der Waals surface area contributed by atoms with Crippen LogP contribution in [0.25, 0.3) is 6.08 Å². The van der Waals surface area contributed by atoms with Crippen LogP contribution in [0.3, 0.4) is 0 Å². The zero-order valence-electron chi connectivity index (χ0n) is 7.43. The number of halogens is 3. The summed E-state index contributed by atoms with van der Waals surface area (Å²) in [6.07, 6.45) is -3.01. The van der Waals surface area contributed by atoms with Crippen molar-refractivity contribution in [3.8, 4) is 0 Å². The number of nitrogens with one attached hydrogen (secondary N) is 1. The first-order valence-electron chi connectivity index (χ1n) is 4.38. The van der Waals surface area contributed by atoms with Crippen molar-refractivity contribution in [1.29, 1.82) is 0 Å². The third-order valence-corrected chi connectivity index (χ3v) is 2.53. The second kappa shape index (κ2) is 2.29. The Bertz CT molecular complexity index is 466. The lowest BCUT2D eigenvalue weighted by molar-refractivity contribution is -0.174. The summed E-state index contributed by atoms with van der Waals surface area (Å²) >= 11 is 0. The largest absolute Gasteiger partial charge is 0.456 e. The molecule has 1 N–H and O–H groups in total. The van der Waals surface area contributed by atoms with E-state index < -0.39 is 11.9 Å². The minimum atomic E-state index is -4.42. The van der Waals surface area contributed by atoms with Crippen molar-refractivity contribution in [3.63, 3.8) is 0 Å². The molecule has 1 atom stereocenters. The fourth-order valence-electron chi connectivity index (χ4n) is 1.69. The van der Waals surface area contributed by atoms with Crippen molar-refractivity contribution < 1.29 is 17.9 Å². The first-order valence-corrected chi connectivity index (χ1v) is 4.38. The average Bonchev–Trinajstić information content (AvgIpc) is 2.87. The maximum Gasteiger partial charge on any atom is 0.456 e. The van der Waals surface area contributed by atoms with Gasteiger partial charge in [0.1, 0.15) is 0 Å². The van der Waals surface area contributed by atoms with E-state index in [0.29, 0.717) is 11.3 Å². The number of ether oxygens (including phenoxy) is 1. The number of benzene rings is 1. The molecular weight excluding hydrogens is 207 g/mol. The molecule has 1 fully saturated rings. The number of hydrogen-bond acceptors (Lipinski definition) is 2. The first-order chi connectivity index (χ1) is 7.03. The fraction of sp³-hybridized carbons (Fsp3) is 0.200. The van der Waals surface area contributed by atoms with Gasteiger partial charge in [-0.1, -0.05) is 18.2 Å². The van der Waals surface area contributed by atoms with E-state index >= 15 is 0 Å². The van der Waals surface area contributed by atoms with Crippen LogP contribution in [0.15, 0.2) is 30.0 Å². The molecule has 0 saturated carbocycles. The van der Waals surface area contributed by atoms with Gasteiger partial charge in [0.05, 0.1) is 0 Å². The van der Waals surface area contributed by atoms with Crippen LogP contribution in [0.1, 0.15) is 5.56 Å². The molecule has 1 aromatic rings. The van der Waals surface area contributed by atoms with Crippen LogP contribution in [0.5, 0.6) is 0 Å². The van der Waals surface area contributed by atoms with E-state index in [-0.39, 0.29) is 5.76 Å². The minimum absolute atomic E-state index is 0.0614. The summed E-state index contributed by atoms with van der Waals surface area (Å²) in [5.41, 5.74) is -1.11. The molecule has 1 unspecified atom stereocenters. The third kappa shape index (κ3) is 1.00. The Morgan fingerprint density at radius 2 is 1.93 bits per heavy atom. The molecule has 78 valence electrons. The molecule has 0 aliphatic carbocycles. The quantitative estimate of drug-likeness (QED) is 0.670. The van der Waals surface area contributed by atoms with Crippen LogP contribution < -0.4 is 5.32 Å². The Morgan fingerprint density at radius 3 is 2.67 bits per heavy atom. The van der Waals surface area contributed by atoms with E-state index in [2.05, 4.69) is 10.1 Å². The SMILES string of the molecule is FC(F)(F)C12Nc3ccccc3C=C1O2. The number of epoxide rings is 1. The molecule has 0 bridgehead atoms. The monoisotopic (exact) mass is 213 g/mol. The average molecular weight is 213 g/mol. The van der Waals surface area contributed by atoms with Gasteiger partial charge in [-0.2, -0.15) is 13.2 Å². The second-order valence-electron chi connectivity index (χ2n) is 3.50. The Morgan fingerprint density at radius 1 is 1.20 bits per heavy atom. The molecule has 0 aromatic heterocycles. The van der Waals surface area contributed by atoms with Crippen molar-refractivity contribution in [1.82, 2.24) is 0 Å².